The minimum Gasteiger partial charge on any atom is -0.394 e. The van der Waals surface area contributed by atoms with Gasteiger partial charge in [0.1, 0.15) is 18.3 Å². The molecule has 0 aromatic heterocycles. The summed E-state index contributed by atoms with van der Waals surface area (Å²) >= 11 is 0. The van der Waals surface area contributed by atoms with E-state index in [-0.39, 0.29) is 12.5 Å². The van der Waals surface area contributed by atoms with Gasteiger partial charge in [0.05, 0.1) is 18.8 Å². The Bertz CT molecular complexity index is 350. The molecule has 2 unspecified atom stereocenters. The van der Waals surface area contributed by atoms with E-state index < -0.39 is 30.5 Å². The van der Waals surface area contributed by atoms with E-state index in [0.717, 1.165) is 25.2 Å². The Hall–Kier alpha value is -0.690. The summed E-state index contributed by atoms with van der Waals surface area (Å²) in [6.45, 7) is 5.78. The molecule has 1 fully saturated rings. The lowest BCUT2D eigenvalue weighted by molar-refractivity contribution is -0.190. The average Bonchev–Trinajstić information content (AvgIpc) is 2.50. The van der Waals surface area contributed by atoms with Crippen molar-refractivity contribution in [3.8, 4) is 0 Å². The second-order valence-corrected chi connectivity index (χ2v) is 6.98. The van der Waals surface area contributed by atoms with Crippen molar-refractivity contribution in [1.82, 2.24) is 5.32 Å². The fourth-order valence-corrected chi connectivity index (χ4v) is 2.95. The first-order valence-corrected chi connectivity index (χ1v) is 8.78. The smallest absolute Gasteiger partial charge is 0.220 e. The van der Waals surface area contributed by atoms with Gasteiger partial charge in [0.25, 0.3) is 0 Å². The predicted octanol–water partition coefficient (Wildman–Crippen LogP) is 0.969. The van der Waals surface area contributed by atoms with Crippen LogP contribution in [0.15, 0.2) is 0 Å². The predicted molar refractivity (Wildman–Crippen MR) is 87.9 cm³/mol. The SMILES string of the molecule is CC(C)CCCCCCC(=O)NC1[C@H](C)OC(CO)[C@@H](O)[C@@H]1O. The number of rotatable bonds is 9. The van der Waals surface area contributed by atoms with Gasteiger partial charge in [0, 0.05) is 6.42 Å². The van der Waals surface area contributed by atoms with Crippen molar-refractivity contribution < 1.29 is 24.9 Å². The van der Waals surface area contributed by atoms with Crippen molar-refractivity contribution >= 4 is 5.91 Å². The first-order chi connectivity index (χ1) is 10.9. The van der Waals surface area contributed by atoms with E-state index in [9.17, 15) is 15.0 Å². The van der Waals surface area contributed by atoms with Crippen LogP contribution in [0.2, 0.25) is 0 Å². The second-order valence-electron chi connectivity index (χ2n) is 6.98. The zero-order chi connectivity index (χ0) is 17.4. The van der Waals surface area contributed by atoms with E-state index in [1.807, 2.05) is 0 Å². The molecule has 0 saturated carbocycles. The van der Waals surface area contributed by atoms with Crippen LogP contribution in [0.4, 0.5) is 0 Å². The van der Waals surface area contributed by atoms with Gasteiger partial charge in [-0.05, 0) is 19.3 Å². The largest absolute Gasteiger partial charge is 0.394 e. The lowest BCUT2D eigenvalue weighted by atomic mass is 9.93. The normalized spacial score (nSPS) is 31.3. The molecule has 6 nitrogen and oxygen atoms in total. The number of hydrogen-bond acceptors (Lipinski definition) is 5. The standard InChI is InChI=1S/C17H33NO5/c1-11(2)8-6-4-5-7-9-14(20)18-15-12(3)23-13(10-19)16(21)17(15)22/h11-13,15-17,19,21-22H,4-10H2,1-3H3,(H,18,20)/t12-,13?,15?,16+,17+/m0/s1. The van der Waals surface area contributed by atoms with Crippen molar-refractivity contribution in [2.45, 2.75) is 89.8 Å². The summed E-state index contributed by atoms with van der Waals surface area (Å²) in [7, 11) is 0. The van der Waals surface area contributed by atoms with Crippen molar-refractivity contribution in [3.63, 3.8) is 0 Å². The zero-order valence-corrected chi connectivity index (χ0v) is 14.6. The van der Waals surface area contributed by atoms with Gasteiger partial charge in [-0.1, -0.05) is 39.5 Å². The van der Waals surface area contributed by atoms with E-state index in [2.05, 4.69) is 19.2 Å². The summed E-state index contributed by atoms with van der Waals surface area (Å²) in [6.07, 6.45) is 2.21. The van der Waals surface area contributed by atoms with Gasteiger partial charge in [-0.15, -0.1) is 0 Å². The monoisotopic (exact) mass is 331 g/mol. The van der Waals surface area contributed by atoms with Crippen LogP contribution in [0, 0.1) is 5.92 Å². The summed E-state index contributed by atoms with van der Waals surface area (Å²) in [6, 6.07) is -0.652. The molecular weight excluding hydrogens is 298 g/mol. The Morgan fingerprint density at radius 2 is 1.78 bits per heavy atom. The Morgan fingerprint density at radius 3 is 2.39 bits per heavy atom. The number of amides is 1. The molecule has 4 N–H and O–H groups in total. The fraction of sp³-hybridized carbons (Fsp3) is 0.941. The molecule has 23 heavy (non-hydrogen) atoms. The molecule has 5 atom stereocenters. The molecule has 1 rings (SSSR count). The quantitative estimate of drug-likeness (QED) is 0.472. The summed E-state index contributed by atoms with van der Waals surface area (Å²) in [5.41, 5.74) is 0. The molecule has 0 aliphatic carbocycles. The van der Waals surface area contributed by atoms with Gasteiger partial charge in [-0.25, -0.2) is 0 Å². The number of ether oxygens (including phenoxy) is 1. The summed E-state index contributed by atoms with van der Waals surface area (Å²) in [4.78, 5) is 12.0. The maximum Gasteiger partial charge on any atom is 0.220 e. The molecule has 1 amide bonds. The number of aliphatic hydroxyl groups is 3. The van der Waals surface area contributed by atoms with Crippen LogP contribution in [-0.4, -0.2) is 58.3 Å². The molecule has 1 aliphatic heterocycles. The molecule has 0 radical (unpaired) electrons. The van der Waals surface area contributed by atoms with Crippen LogP contribution < -0.4 is 5.32 Å². The Morgan fingerprint density at radius 1 is 1.13 bits per heavy atom. The van der Waals surface area contributed by atoms with Crippen LogP contribution in [0.5, 0.6) is 0 Å². The topological polar surface area (TPSA) is 99.0 Å². The molecule has 136 valence electrons. The van der Waals surface area contributed by atoms with E-state index in [1.165, 1.54) is 12.8 Å². The van der Waals surface area contributed by atoms with E-state index in [4.69, 9.17) is 9.84 Å². The van der Waals surface area contributed by atoms with Gasteiger partial charge in [0.2, 0.25) is 5.91 Å². The van der Waals surface area contributed by atoms with Crippen molar-refractivity contribution in [2.75, 3.05) is 6.61 Å². The lowest BCUT2D eigenvalue weighted by Gasteiger charge is -2.41. The number of nitrogens with one attached hydrogen (secondary N) is 1. The third kappa shape index (κ3) is 6.75. The van der Waals surface area contributed by atoms with E-state index in [1.54, 1.807) is 6.92 Å². The highest BCUT2D eigenvalue weighted by atomic mass is 16.5. The Balaban J connectivity index is 2.28. The van der Waals surface area contributed by atoms with Crippen molar-refractivity contribution in [3.05, 3.63) is 0 Å². The van der Waals surface area contributed by atoms with Crippen molar-refractivity contribution in [2.24, 2.45) is 5.92 Å². The Labute approximate surface area is 139 Å². The van der Waals surface area contributed by atoms with Crippen molar-refractivity contribution in [1.29, 1.82) is 0 Å². The fourth-order valence-electron chi connectivity index (χ4n) is 2.95. The molecule has 1 heterocycles. The molecule has 1 saturated heterocycles. The summed E-state index contributed by atoms with van der Waals surface area (Å²) < 4.78 is 5.44. The highest BCUT2D eigenvalue weighted by Crippen LogP contribution is 2.21. The van der Waals surface area contributed by atoms with Gasteiger partial charge >= 0.3 is 0 Å². The zero-order valence-electron chi connectivity index (χ0n) is 14.6. The molecule has 1 aliphatic rings. The van der Waals surface area contributed by atoms with Crippen LogP contribution in [-0.2, 0) is 9.53 Å². The van der Waals surface area contributed by atoms with Gasteiger partial charge in [-0.2, -0.15) is 0 Å². The molecule has 0 aromatic rings. The van der Waals surface area contributed by atoms with Gasteiger partial charge in [-0.3, -0.25) is 4.79 Å². The number of unbranched alkanes of at least 4 members (excludes halogenated alkanes) is 3. The molecule has 6 heteroatoms. The molecule has 0 aromatic carbocycles. The van der Waals surface area contributed by atoms with Crippen LogP contribution in [0.3, 0.4) is 0 Å². The molecule has 0 bridgehead atoms. The van der Waals surface area contributed by atoms with Crippen LogP contribution >= 0.6 is 0 Å². The minimum absolute atomic E-state index is 0.136. The maximum absolute atomic E-state index is 12.0. The van der Waals surface area contributed by atoms with Crippen LogP contribution in [0.25, 0.3) is 0 Å². The molecule has 0 spiro atoms. The number of carbonyl (C=O) groups excluding carboxylic acids is 1. The van der Waals surface area contributed by atoms with E-state index in [0.29, 0.717) is 6.42 Å². The van der Waals surface area contributed by atoms with Gasteiger partial charge in [0.15, 0.2) is 0 Å². The highest BCUT2D eigenvalue weighted by Gasteiger charge is 2.42. The van der Waals surface area contributed by atoms with E-state index >= 15 is 0 Å². The highest BCUT2D eigenvalue weighted by molar-refractivity contribution is 5.76. The summed E-state index contributed by atoms with van der Waals surface area (Å²) in [5, 5.41) is 31.8. The second kappa shape index (κ2) is 10.2. The minimum atomic E-state index is -1.20. The third-order valence-electron chi connectivity index (χ3n) is 4.44. The third-order valence-corrected chi connectivity index (χ3v) is 4.44. The number of hydrogen-bond donors (Lipinski definition) is 4. The summed E-state index contributed by atoms with van der Waals surface area (Å²) in [5.74, 6) is 0.588. The Kier molecular flexibility index (Phi) is 9.06. The lowest BCUT2D eigenvalue weighted by Crippen LogP contribution is -2.63. The number of aliphatic hydroxyl groups excluding tert-OH is 3. The first kappa shape index (κ1) is 20.4. The average molecular weight is 331 g/mol. The number of carbonyl (C=O) groups is 1. The molecular formula is C17H33NO5. The first-order valence-electron chi connectivity index (χ1n) is 8.78. The maximum atomic E-state index is 12.0. The van der Waals surface area contributed by atoms with Crippen LogP contribution in [0.1, 0.15) is 59.3 Å². The van der Waals surface area contributed by atoms with Gasteiger partial charge < -0.3 is 25.4 Å².